The molecule has 20 heavy (non-hydrogen) atoms. The van der Waals surface area contributed by atoms with Crippen molar-refractivity contribution in [3.05, 3.63) is 35.4 Å². The number of hydrogen-bond acceptors (Lipinski definition) is 4. The molecule has 1 aromatic carbocycles. The highest BCUT2D eigenvalue weighted by Crippen LogP contribution is 2.23. The van der Waals surface area contributed by atoms with Crippen molar-refractivity contribution in [2.24, 2.45) is 0 Å². The summed E-state index contributed by atoms with van der Waals surface area (Å²) in [5.74, 6) is -2.31. The van der Waals surface area contributed by atoms with Gasteiger partial charge in [0.1, 0.15) is 0 Å². The van der Waals surface area contributed by atoms with Gasteiger partial charge in [-0.1, -0.05) is 31.2 Å². The number of likely N-dealkylation sites (N-methyl/N-ethyl adjacent to an activating group) is 1. The van der Waals surface area contributed by atoms with Gasteiger partial charge in [0.2, 0.25) is 17.5 Å². The SMILES string of the molecule is CCC(=O)N(CC)[C@H]1C(=O)C(=O)c2ccccc2C1=O. The highest BCUT2D eigenvalue weighted by atomic mass is 16.2. The summed E-state index contributed by atoms with van der Waals surface area (Å²) in [6.45, 7) is 3.54. The summed E-state index contributed by atoms with van der Waals surface area (Å²) in [6.07, 6.45) is 0.181. The minimum absolute atomic E-state index is 0.124. The van der Waals surface area contributed by atoms with Crippen molar-refractivity contribution >= 4 is 23.3 Å². The number of ketones is 3. The fourth-order valence-corrected chi connectivity index (χ4v) is 2.41. The summed E-state index contributed by atoms with van der Waals surface area (Å²) in [4.78, 5) is 49.7. The smallest absolute Gasteiger partial charge is 0.233 e. The van der Waals surface area contributed by atoms with Gasteiger partial charge in [-0.3, -0.25) is 19.2 Å². The van der Waals surface area contributed by atoms with Gasteiger partial charge in [0.25, 0.3) is 0 Å². The first-order chi connectivity index (χ1) is 9.52. The fourth-order valence-electron chi connectivity index (χ4n) is 2.41. The first kappa shape index (κ1) is 14.1. The molecule has 1 aromatic rings. The number of hydrogen-bond donors (Lipinski definition) is 0. The topological polar surface area (TPSA) is 71.5 Å². The van der Waals surface area contributed by atoms with Gasteiger partial charge in [0, 0.05) is 24.1 Å². The lowest BCUT2D eigenvalue weighted by molar-refractivity contribution is -0.136. The lowest BCUT2D eigenvalue weighted by atomic mass is 9.84. The first-order valence-corrected chi connectivity index (χ1v) is 6.54. The molecule has 0 fully saturated rings. The Kier molecular flexibility index (Phi) is 3.79. The van der Waals surface area contributed by atoms with E-state index in [2.05, 4.69) is 0 Å². The Hall–Kier alpha value is -2.30. The van der Waals surface area contributed by atoms with E-state index in [-0.39, 0.29) is 30.0 Å². The number of benzene rings is 1. The van der Waals surface area contributed by atoms with Crippen molar-refractivity contribution in [2.45, 2.75) is 26.3 Å². The molecule has 1 aliphatic carbocycles. The molecule has 5 heteroatoms. The molecular weight excluding hydrogens is 258 g/mol. The Bertz CT molecular complexity index is 606. The Morgan fingerprint density at radius 3 is 2.20 bits per heavy atom. The largest absolute Gasteiger partial charge is 0.325 e. The Labute approximate surface area is 116 Å². The van der Waals surface area contributed by atoms with Crippen LogP contribution >= 0.6 is 0 Å². The molecule has 0 radical (unpaired) electrons. The number of amides is 1. The van der Waals surface area contributed by atoms with Gasteiger partial charge in [-0.15, -0.1) is 0 Å². The maximum absolute atomic E-state index is 12.4. The van der Waals surface area contributed by atoms with E-state index in [1.54, 1.807) is 26.0 Å². The van der Waals surface area contributed by atoms with Crippen LogP contribution in [-0.4, -0.2) is 40.7 Å². The molecule has 0 N–H and O–H groups in total. The third-order valence-corrected chi connectivity index (χ3v) is 3.43. The van der Waals surface area contributed by atoms with Crippen LogP contribution in [0.5, 0.6) is 0 Å². The van der Waals surface area contributed by atoms with Gasteiger partial charge in [-0.25, -0.2) is 0 Å². The zero-order chi connectivity index (χ0) is 14.9. The van der Waals surface area contributed by atoms with E-state index in [9.17, 15) is 19.2 Å². The highest BCUT2D eigenvalue weighted by molar-refractivity contribution is 6.53. The number of rotatable bonds is 3. The van der Waals surface area contributed by atoms with Crippen LogP contribution in [0.15, 0.2) is 24.3 Å². The molecule has 0 saturated carbocycles. The van der Waals surface area contributed by atoms with E-state index in [1.165, 1.54) is 17.0 Å². The number of Topliss-reactive ketones (excluding diaryl/α,β-unsaturated/α-hetero) is 3. The van der Waals surface area contributed by atoms with Crippen LogP contribution in [0, 0.1) is 0 Å². The van der Waals surface area contributed by atoms with Crippen molar-refractivity contribution in [1.29, 1.82) is 0 Å². The molecule has 0 saturated heterocycles. The normalized spacial score (nSPS) is 17.9. The molecule has 0 unspecified atom stereocenters. The summed E-state index contributed by atoms with van der Waals surface area (Å²) in [6, 6.07) is 4.90. The summed E-state index contributed by atoms with van der Waals surface area (Å²) < 4.78 is 0. The van der Waals surface area contributed by atoms with E-state index in [1.807, 2.05) is 0 Å². The van der Waals surface area contributed by atoms with E-state index >= 15 is 0 Å². The van der Waals surface area contributed by atoms with Gasteiger partial charge >= 0.3 is 0 Å². The van der Waals surface area contributed by atoms with Crippen molar-refractivity contribution in [1.82, 2.24) is 4.90 Å². The van der Waals surface area contributed by atoms with Crippen LogP contribution in [0.3, 0.4) is 0 Å². The minimum Gasteiger partial charge on any atom is -0.325 e. The molecule has 104 valence electrons. The van der Waals surface area contributed by atoms with E-state index in [0.29, 0.717) is 0 Å². The molecule has 1 amide bonds. The summed E-state index contributed by atoms with van der Waals surface area (Å²) >= 11 is 0. The number of fused-ring (bicyclic) bond motifs is 1. The van der Waals surface area contributed by atoms with Crippen molar-refractivity contribution in [3.63, 3.8) is 0 Å². The maximum Gasteiger partial charge on any atom is 0.233 e. The monoisotopic (exact) mass is 273 g/mol. The lowest BCUT2D eigenvalue weighted by Gasteiger charge is -2.31. The van der Waals surface area contributed by atoms with Crippen LogP contribution in [-0.2, 0) is 9.59 Å². The summed E-state index contributed by atoms with van der Waals surface area (Å²) in [5, 5.41) is 0. The van der Waals surface area contributed by atoms with Crippen molar-refractivity contribution < 1.29 is 19.2 Å². The summed E-state index contributed by atoms with van der Waals surface area (Å²) in [7, 11) is 0. The van der Waals surface area contributed by atoms with Crippen molar-refractivity contribution in [3.8, 4) is 0 Å². The second-order valence-corrected chi connectivity index (χ2v) is 4.54. The molecule has 0 heterocycles. The first-order valence-electron chi connectivity index (χ1n) is 6.54. The van der Waals surface area contributed by atoms with Crippen LogP contribution in [0.4, 0.5) is 0 Å². The second-order valence-electron chi connectivity index (χ2n) is 4.54. The molecular formula is C15H15NO4. The van der Waals surface area contributed by atoms with Crippen LogP contribution in [0.1, 0.15) is 41.0 Å². The van der Waals surface area contributed by atoms with Gasteiger partial charge in [0.05, 0.1) is 0 Å². The summed E-state index contributed by atoms with van der Waals surface area (Å²) in [5.41, 5.74) is 0.336. The fraction of sp³-hybridized carbons (Fsp3) is 0.333. The van der Waals surface area contributed by atoms with Gasteiger partial charge in [-0.05, 0) is 6.92 Å². The molecule has 0 aliphatic heterocycles. The molecule has 1 aliphatic rings. The predicted molar refractivity (Wildman–Crippen MR) is 71.6 cm³/mol. The number of carbonyl (C=O) groups is 4. The van der Waals surface area contributed by atoms with Gasteiger partial charge < -0.3 is 4.90 Å². The lowest BCUT2D eigenvalue weighted by Crippen LogP contribution is -2.54. The third-order valence-electron chi connectivity index (χ3n) is 3.43. The zero-order valence-corrected chi connectivity index (χ0v) is 11.4. The van der Waals surface area contributed by atoms with Crippen LogP contribution in [0.25, 0.3) is 0 Å². The Morgan fingerprint density at radius 1 is 1.05 bits per heavy atom. The Balaban J connectivity index is 2.52. The molecule has 0 bridgehead atoms. The van der Waals surface area contributed by atoms with E-state index in [0.717, 1.165) is 0 Å². The predicted octanol–water partition coefficient (Wildman–Crippen LogP) is 1.26. The quantitative estimate of drug-likeness (QED) is 0.614. The molecule has 0 aromatic heterocycles. The maximum atomic E-state index is 12.4. The Morgan fingerprint density at radius 2 is 1.65 bits per heavy atom. The number of carbonyl (C=O) groups excluding carboxylic acids is 4. The van der Waals surface area contributed by atoms with Crippen molar-refractivity contribution in [2.75, 3.05) is 6.54 Å². The van der Waals surface area contributed by atoms with E-state index < -0.39 is 23.4 Å². The van der Waals surface area contributed by atoms with Gasteiger partial charge in [0.15, 0.2) is 11.8 Å². The van der Waals surface area contributed by atoms with Gasteiger partial charge in [-0.2, -0.15) is 0 Å². The third kappa shape index (κ3) is 2.05. The van der Waals surface area contributed by atoms with E-state index in [4.69, 9.17) is 0 Å². The average molecular weight is 273 g/mol. The average Bonchev–Trinajstić information content (AvgIpc) is 2.48. The molecule has 0 spiro atoms. The number of nitrogens with zero attached hydrogens (tertiary/aromatic N) is 1. The second kappa shape index (κ2) is 5.36. The van der Waals surface area contributed by atoms with Crippen LogP contribution in [0.2, 0.25) is 0 Å². The zero-order valence-electron chi connectivity index (χ0n) is 11.4. The molecule has 5 nitrogen and oxygen atoms in total. The van der Waals surface area contributed by atoms with Crippen LogP contribution < -0.4 is 0 Å². The minimum atomic E-state index is -1.31. The highest BCUT2D eigenvalue weighted by Gasteiger charge is 2.44. The molecule has 2 rings (SSSR count). The molecule has 1 atom stereocenters. The standard InChI is InChI=1S/C15H15NO4/c1-3-11(17)16(4-2)12-13(18)9-7-5-6-8-10(9)14(19)15(12)20/h5-8,12H,3-4H2,1-2H3/t12-/m1/s1.